The van der Waals surface area contributed by atoms with E-state index in [1.807, 2.05) is 0 Å². The van der Waals surface area contributed by atoms with Crippen molar-refractivity contribution in [3.05, 3.63) is 113 Å². The number of benzene rings is 3. The number of nitrogens with one attached hydrogen (secondary N) is 1. The number of hydrogen-bond acceptors (Lipinski definition) is 9. The number of carbonyl (C=O) groups excluding carboxylic acids is 4. The highest BCUT2D eigenvalue weighted by Gasteiger charge is 2.51. The molecule has 3 aromatic carbocycles. The number of aliphatic carboxylic acids is 1. The van der Waals surface area contributed by atoms with E-state index in [9.17, 15) is 42.3 Å². The zero-order valence-electron chi connectivity index (χ0n) is 28.4. The van der Waals surface area contributed by atoms with Gasteiger partial charge in [-0.05, 0) is 61.4 Å². The number of amides is 2. The molecule has 1 heterocycles. The molecule has 0 aliphatic rings. The molecule has 15 heteroatoms. The molecule has 0 aliphatic carbocycles. The molecule has 2 N–H and O–H groups in total. The molecule has 4 rings (SSSR count). The number of hydrogen-bond donors (Lipinski definition) is 2. The predicted octanol–water partition coefficient (Wildman–Crippen LogP) is 6.60. The van der Waals surface area contributed by atoms with E-state index in [1.165, 1.54) is 85.9 Å². The van der Waals surface area contributed by atoms with Gasteiger partial charge in [-0.3, -0.25) is 24.2 Å². The highest BCUT2D eigenvalue weighted by molar-refractivity contribution is 6.11. The molecule has 0 aliphatic heterocycles. The minimum absolute atomic E-state index is 0.00217. The molecule has 0 radical (unpaired) electrons. The molecule has 1 aromatic heterocycles. The molecule has 0 saturated heterocycles. The van der Waals surface area contributed by atoms with Crippen molar-refractivity contribution in [2.45, 2.75) is 38.0 Å². The molecular weight excluding hydrogens is 687 g/mol. The van der Waals surface area contributed by atoms with Crippen molar-refractivity contribution >= 4 is 35.6 Å². The van der Waals surface area contributed by atoms with Crippen LogP contribution in [0.2, 0.25) is 0 Å². The Bertz CT molecular complexity index is 1950. The number of anilines is 1. The van der Waals surface area contributed by atoms with Crippen molar-refractivity contribution in [1.82, 2.24) is 9.88 Å². The number of carboxylic acids is 1. The lowest BCUT2D eigenvalue weighted by Crippen LogP contribution is -2.50. The Hall–Kier alpha value is -6.25. The number of rotatable bonds is 12. The number of ether oxygens (including phenoxy) is 3. The van der Waals surface area contributed by atoms with Crippen molar-refractivity contribution in [3.63, 3.8) is 0 Å². The summed E-state index contributed by atoms with van der Waals surface area (Å²) in [6.45, 7) is 2.32. The van der Waals surface area contributed by atoms with Gasteiger partial charge in [-0.1, -0.05) is 49.4 Å². The minimum Gasteiger partial charge on any atom is -0.480 e. The van der Waals surface area contributed by atoms with Crippen LogP contribution >= 0.6 is 0 Å². The third-order valence-corrected chi connectivity index (χ3v) is 7.88. The minimum atomic E-state index is -4.56. The number of nitrogens with zero attached hydrogens (tertiary/aromatic N) is 2. The van der Waals surface area contributed by atoms with E-state index in [4.69, 9.17) is 14.2 Å². The van der Waals surface area contributed by atoms with Crippen molar-refractivity contribution in [3.8, 4) is 17.0 Å². The van der Waals surface area contributed by atoms with Crippen LogP contribution in [0.5, 0.6) is 5.75 Å². The van der Waals surface area contributed by atoms with Crippen molar-refractivity contribution in [2.75, 3.05) is 26.0 Å². The van der Waals surface area contributed by atoms with Crippen LogP contribution in [0, 0.1) is 0 Å². The van der Waals surface area contributed by atoms with E-state index < -0.39 is 59.8 Å². The summed E-state index contributed by atoms with van der Waals surface area (Å²) in [4.78, 5) is 70.8. The Balaban J connectivity index is 1.59. The van der Waals surface area contributed by atoms with E-state index in [2.05, 4.69) is 10.3 Å². The fourth-order valence-electron chi connectivity index (χ4n) is 4.85. The normalized spacial score (nSPS) is 12.8. The summed E-state index contributed by atoms with van der Waals surface area (Å²) >= 11 is 0. The third-order valence-electron chi connectivity index (χ3n) is 7.88. The first-order chi connectivity index (χ1) is 24.6. The van der Waals surface area contributed by atoms with Gasteiger partial charge in [0.25, 0.3) is 11.8 Å². The highest BCUT2D eigenvalue weighted by atomic mass is 19.4. The molecule has 2 amide bonds. The lowest BCUT2D eigenvalue weighted by molar-refractivity contribution is -0.167. The van der Waals surface area contributed by atoms with Gasteiger partial charge in [-0.25, -0.2) is 4.79 Å². The van der Waals surface area contributed by atoms with Gasteiger partial charge in [-0.2, -0.15) is 13.2 Å². The molecule has 272 valence electrons. The monoisotopic (exact) mass is 721 g/mol. The standard InChI is InChI=1S/C37H34F3N3O9/c1-5-22(2)51-34(48)36(33(46)47,24-10-7-6-8-11-24)21-50-35(49)52-26-17-18-29(28(20-26)32(45)43(3)4)42-31(44)27-12-9-19-41-30(27)23-13-15-25(16-14-23)37(38,39)40/h6-20,22H,5,21H2,1-4H3,(H,42,44)(H,46,47). The first-order valence-electron chi connectivity index (χ1n) is 15.7. The van der Waals surface area contributed by atoms with E-state index in [-0.39, 0.29) is 39.4 Å². The smallest absolute Gasteiger partial charge is 0.480 e. The third kappa shape index (κ3) is 8.72. The Kier molecular flexibility index (Phi) is 12.0. The van der Waals surface area contributed by atoms with Gasteiger partial charge in [0, 0.05) is 25.9 Å². The van der Waals surface area contributed by atoms with E-state index in [0.717, 1.165) is 18.2 Å². The summed E-state index contributed by atoms with van der Waals surface area (Å²) in [5, 5.41) is 12.8. The maximum absolute atomic E-state index is 13.5. The molecule has 0 fully saturated rings. The summed E-state index contributed by atoms with van der Waals surface area (Å²) in [5.41, 5.74) is -3.17. The quantitative estimate of drug-likeness (QED) is 0.0926. The van der Waals surface area contributed by atoms with Crippen LogP contribution in [0.4, 0.5) is 23.7 Å². The maximum atomic E-state index is 13.5. The second-order valence-electron chi connectivity index (χ2n) is 11.7. The molecule has 0 spiro atoms. The van der Waals surface area contributed by atoms with Gasteiger partial charge in [0.15, 0.2) is 0 Å². The Morgan fingerprint density at radius 3 is 2.15 bits per heavy atom. The predicted molar refractivity (Wildman–Crippen MR) is 181 cm³/mol. The first-order valence-corrected chi connectivity index (χ1v) is 15.7. The molecule has 2 atom stereocenters. The summed E-state index contributed by atoms with van der Waals surface area (Å²) in [6.07, 6.45) is -4.84. The highest BCUT2D eigenvalue weighted by Crippen LogP contribution is 2.33. The van der Waals surface area contributed by atoms with Gasteiger partial charge >= 0.3 is 24.3 Å². The van der Waals surface area contributed by atoms with Crippen molar-refractivity contribution < 1.29 is 56.5 Å². The van der Waals surface area contributed by atoms with E-state index in [0.29, 0.717) is 6.42 Å². The number of carboxylic acid groups (broad SMARTS) is 1. The fourth-order valence-corrected chi connectivity index (χ4v) is 4.85. The van der Waals surface area contributed by atoms with Gasteiger partial charge < -0.3 is 29.5 Å². The zero-order valence-corrected chi connectivity index (χ0v) is 28.4. The van der Waals surface area contributed by atoms with E-state index in [1.54, 1.807) is 19.9 Å². The molecule has 52 heavy (non-hydrogen) atoms. The maximum Gasteiger partial charge on any atom is 0.513 e. The summed E-state index contributed by atoms with van der Waals surface area (Å²) < 4.78 is 55.1. The summed E-state index contributed by atoms with van der Waals surface area (Å²) in [5.74, 6) is -4.39. The topological polar surface area (TPSA) is 161 Å². The van der Waals surface area contributed by atoms with Gasteiger partial charge in [0.05, 0.1) is 34.2 Å². The average Bonchev–Trinajstić information content (AvgIpc) is 3.12. The number of halogens is 3. The van der Waals surface area contributed by atoms with Gasteiger partial charge in [0.1, 0.15) is 12.4 Å². The number of pyridine rings is 1. The zero-order chi connectivity index (χ0) is 38.2. The Labute approximate surface area is 296 Å². The van der Waals surface area contributed by atoms with Crippen LogP contribution in [0.25, 0.3) is 11.3 Å². The molecular formula is C37H34F3N3O9. The lowest BCUT2D eigenvalue weighted by atomic mass is 9.81. The van der Waals surface area contributed by atoms with Crippen molar-refractivity contribution in [2.24, 2.45) is 0 Å². The average molecular weight is 722 g/mol. The van der Waals surface area contributed by atoms with Crippen LogP contribution in [-0.2, 0) is 30.7 Å². The van der Waals surface area contributed by atoms with Crippen LogP contribution in [-0.4, -0.2) is 71.7 Å². The van der Waals surface area contributed by atoms with Gasteiger partial charge in [0.2, 0.25) is 5.41 Å². The second-order valence-corrected chi connectivity index (χ2v) is 11.7. The van der Waals surface area contributed by atoms with Crippen LogP contribution in [0.15, 0.2) is 91.1 Å². The fraction of sp³-hybridized carbons (Fsp3) is 0.243. The summed E-state index contributed by atoms with van der Waals surface area (Å²) in [7, 11) is 2.88. The number of carbonyl (C=O) groups is 5. The largest absolute Gasteiger partial charge is 0.513 e. The first kappa shape index (κ1) is 38.6. The molecule has 12 nitrogen and oxygen atoms in total. The van der Waals surface area contributed by atoms with Crippen LogP contribution in [0.1, 0.15) is 52.1 Å². The Morgan fingerprint density at radius 2 is 1.56 bits per heavy atom. The van der Waals surface area contributed by atoms with Crippen molar-refractivity contribution in [1.29, 1.82) is 0 Å². The lowest BCUT2D eigenvalue weighted by Gasteiger charge is -2.28. The van der Waals surface area contributed by atoms with Crippen LogP contribution < -0.4 is 10.1 Å². The summed E-state index contributed by atoms with van der Waals surface area (Å²) in [6, 6.07) is 18.0. The number of alkyl halides is 3. The molecule has 2 unspecified atom stereocenters. The van der Waals surface area contributed by atoms with Gasteiger partial charge in [-0.15, -0.1) is 0 Å². The number of aromatic nitrogens is 1. The number of esters is 1. The van der Waals surface area contributed by atoms with E-state index >= 15 is 0 Å². The second kappa shape index (κ2) is 16.2. The van der Waals surface area contributed by atoms with Crippen LogP contribution in [0.3, 0.4) is 0 Å². The SMILES string of the molecule is CCC(C)OC(=O)C(COC(=O)Oc1ccc(NC(=O)c2cccnc2-c2ccc(C(F)(F)F)cc2)c(C(=O)N(C)C)c1)(C(=O)O)c1ccccc1. The molecule has 0 bridgehead atoms. The molecule has 4 aromatic rings. The Morgan fingerprint density at radius 1 is 0.885 bits per heavy atom. The molecule has 0 saturated carbocycles.